The Bertz CT molecular complexity index is 602. The number of benzene rings is 1. The van der Waals surface area contributed by atoms with Crippen molar-refractivity contribution >= 4 is 27.3 Å². The molecule has 1 aromatic heterocycles. The molecule has 0 aliphatic heterocycles. The second-order valence-corrected chi connectivity index (χ2v) is 6.66. The van der Waals surface area contributed by atoms with Crippen molar-refractivity contribution in [2.45, 2.75) is 20.0 Å². The number of hydrogen-bond donors (Lipinski definition) is 1. The van der Waals surface area contributed by atoms with Gasteiger partial charge in [0.1, 0.15) is 17.6 Å². The number of hydrogen-bond acceptors (Lipinski definition) is 4. The van der Waals surface area contributed by atoms with Crippen LogP contribution in [0.5, 0.6) is 11.5 Å². The summed E-state index contributed by atoms with van der Waals surface area (Å²) in [6, 6.07) is 5.63. The number of thiophene rings is 1. The van der Waals surface area contributed by atoms with Crippen LogP contribution < -0.4 is 9.47 Å². The Kier molecular flexibility index (Phi) is 4.73. The maximum atomic E-state index is 10.6. The lowest BCUT2D eigenvalue weighted by atomic mass is 10.1. The molecule has 2 aromatic rings. The molecule has 0 aliphatic rings. The van der Waals surface area contributed by atoms with E-state index in [2.05, 4.69) is 22.9 Å². The van der Waals surface area contributed by atoms with Gasteiger partial charge in [-0.05, 0) is 53.5 Å². The predicted molar refractivity (Wildman–Crippen MR) is 85.1 cm³/mol. The lowest BCUT2D eigenvalue weighted by molar-refractivity contribution is 0.217. The standard InChI is InChI=1S/C15H17BrO3S/c1-8-5-14(20-9(8)2)15(17)10-6-13(19-4)11(16)7-12(10)18-3/h5-7,15,17H,1-4H3. The van der Waals surface area contributed by atoms with E-state index in [1.54, 1.807) is 31.6 Å². The third-order valence-electron chi connectivity index (χ3n) is 3.25. The average molecular weight is 357 g/mol. The van der Waals surface area contributed by atoms with Gasteiger partial charge >= 0.3 is 0 Å². The maximum absolute atomic E-state index is 10.6. The largest absolute Gasteiger partial charge is 0.496 e. The normalized spacial score (nSPS) is 12.3. The third-order valence-corrected chi connectivity index (χ3v) is 5.08. The van der Waals surface area contributed by atoms with Crippen LogP contribution in [0.4, 0.5) is 0 Å². The van der Waals surface area contributed by atoms with Gasteiger partial charge in [0, 0.05) is 15.3 Å². The van der Waals surface area contributed by atoms with E-state index in [4.69, 9.17) is 9.47 Å². The summed E-state index contributed by atoms with van der Waals surface area (Å²) >= 11 is 5.02. The molecule has 108 valence electrons. The second kappa shape index (κ2) is 6.16. The van der Waals surface area contributed by atoms with Gasteiger partial charge in [-0.15, -0.1) is 11.3 Å². The monoisotopic (exact) mass is 356 g/mol. The van der Waals surface area contributed by atoms with Crippen LogP contribution in [0.25, 0.3) is 0 Å². The van der Waals surface area contributed by atoms with Gasteiger partial charge < -0.3 is 14.6 Å². The van der Waals surface area contributed by atoms with Crippen molar-refractivity contribution in [1.29, 1.82) is 0 Å². The van der Waals surface area contributed by atoms with E-state index in [9.17, 15) is 5.11 Å². The molecule has 20 heavy (non-hydrogen) atoms. The number of halogens is 1. The Morgan fingerprint density at radius 3 is 2.25 bits per heavy atom. The van der Waals surface area contributed by atoms with Crippen LogP contribution in [-0.2, 0) is 0 Å². The van der Waals surface area contributed by atoms with Gasteiger partial charge in [-0.3, -0.25) is 0 Å². The molecule has 1 heterocycles. The molecule has 0 aliphatic carbocycles. The maximum Gasteiger partial charge on any atom is 0.133 e. The fourth-order valence-electron chi connectivity index (χ4n) is 1.99. The van der Waals surface area contributed by atoms with Gasteiger partial charge in [0.2, 0.25) is 0 Å². The SMILES string of the molecule is COc1cc(C(O)c2cc(C)c(C)s2)c(OC)cc1Br. The molecule has 0 saturated heterocycles. The molecule has 5 heteroatoms. The van der Waals surface area contributed by atoms with Crippen molar-refractivity contribution < 1.29 is 14.6 Å². The topological polar surface area (TPSA) is 38.7 Å². The first-order valence-corrected chi connectivity index (χ1v) is 7.75. The van der Waals surface area contributed by atoms with Gasteiger partial charge in [0.25, 0.3) is 0 Å². The zero-order chi connectivity index (χ0) is 14.9. The van der Waals surface area contributed by atoms with Gasteiger partial charge in [-0.25, -0.2) is 0 Å². The highest BCUT2D eigenvalue weighted by atomic mass is 79.9. The molecule has 2 rings (SSSR count). The second-order valence-electron chi connectivity index (χ2n) is 4.52. The number of ether oxygens (including phenoxy) is 2. The molecule has 0 fully saturated rings. The van der Waals surface area contributed by atoms with E-state index in [1.807, 2.05) is 19.1 Å². The molecule has 0 radical (unpaired) electrons. The molecular formula is C15H17BrO3S. The van der Waals surface area contributed by atoms with Crippen molar-refractivity contribution in [3.8, 4) is 11.5 Å². The number of aliphatic hydroxyl groups excluding tert-OH is 1. The first-order valence-electron chi connectivity index (χ1n) is 6.14. The van der Waals surface area contributed by atoms with Crippen LogP contribution in [0.1, 0.15) is 27.0 Å². The number of aryl methyl sites for hydroxylation is 2. The lowest BCUT2D eigenvalue weighted by Crippen LogP contribution is -2.02. The van der Waals surface area contributed by atoms with E-state index in [0.29, 0.717) is 17.1 Å². The van der Waals surface area contributed by atoms with E-state index in [1.165, 1.54) is 10.4 Å². The van der Waals surface area contributed by atoms with E-state index >= 15 is 0 Å². The Hall–Kier alpha value is -1.04. The molecule has 0 saturated carbocycles. The fraction of sp³-hybridized carbons (Fsp3) is 0.333. The van der Waals surface area contributed by atoms with Crippen molar-refractivity contribution in [2.24, 2.45) is 0 Å². The summed E-state index contributed by atoms with van der Waals surface area (Å²) in [7, 11) is 3.19. The van der Waals surface area contributed by atoms with Crippen molar-refractivity contribution in [3.63, 3.8) is 0 Å². The minimum Gasteiger partial charge on any atom is -0.496 e. The van der Waals surface area contributed by atoms with Crippen LogP contribution in [0.2, 0.25) is 0 Å². The molecule has 0 spiro atoms. The minimum absolute atomic E-state index is 0.633. The smallest absolute Gasteiger partial charge is 0.133 e. The Balaban J connectivity index is 2.49. The molecule has 1 atom stereocenters. The minimum atomic E-state index is -0.718. The summed E-state index contributed by atoms with van der Waals surface area (Å²) in [4.78, 5) is 2.12. The van der Waals surface area contributed by atoms with Gasteiger partial charge in [0.05, 0.1) is 18.7 Å². The third kappa shape index (κ3) is 2.85. The molecular weight excluding hydrogens is 340 g/mol. The van der Waals surface area contributed by atoms with Crippen LogP contribution in [-0.4, -0.2) is 19.3 Å². The van der Waals surface area contributed by atoms with E-state index in [0.717, 1.165) is 9.35 Å². The highest BCUT2D eigenvalue weighted by molar-refractivity contribution is 9.10. The average Bonchev–Trinajstić information content (AvgIpc) is 2.77. The number of rotatable bonds is 4. The van der Waals surface area contributed by atoms with Crippen molar-refractivity contribution in [3.05, 3.63) is 43.6 Å². The quantitative estimate of drug-likeness (QED) is 0.890. The lowest BCUT2D eigenvalue weighted by Gasteiger charge is -2.16. The first-order chi connectivity index (χ1) is 9.47. The molecule has 3 nitrogen and oxygen atoms in total. The summed E-state index contributed by atoms with van der Waals surface area (Å²) < 4.78 is 11.5. The highest BCUT2D eigenvalue weighted by Gasteiger charge is 2.20. The zero-order valence-corrected chi connectivity index (χ0v) is 14.3. The molecule has 1 N–H and O–H groups in total. The Labute approximate surface area is 131 Å². The van der Waals surface area contributed by atoms with Crippen LogP contribution >= 0.6 is 27.3 Å². The van der Waals surface area contributed by atoms with Gasteiger partial charge in [0.15, 0.2) is 0 Å². The van der Waals surface area contributed by atoms with Gasteiger partial charge in [-0.2, -0.15) is 0 Å². The Morgan fingerprint density at radius 2 is 1.75 bits per heavy atom. The Morgan fingerprint density at radius 1 is 1.10 bits per heavy atom. The predicted octanol–water partition coefficient (Wildman–Crippen LogP) is 4.23. The summed E-state index contributed by atoms with van der Waals surface area (Å²) in [6.07, 6.45) is -0.718. The summed E-state index contributed by atoms with van der Waals surface area (Å²) in [6.45, 7) is 4.09. The zero-order valence-electron chi connectivity index (χ0n) is 11.9. The van der Waals surface area contributed by atoms with Gasteiger partial charge in [-0.1, -0.05) is 0 Å². The van der Waals surface area contributed by atoms with Crippen molar-refractivity contribution in [2.75, 3.05) is 14.2 Å². The number of methoxy groups -OCH3 is 2. The summed E-state index contributed by atoms with van der Waals surface area (Å²) in [5.74, 6) is 1.30. The van der Waals surface area contributed by atoms with E-state index < -0.39 is 6.10 Å². The molecule has 0 bridgehead atoms. The summed E-state index contributed by atoms with van der Waals surface area (Å²) in [5.41, 5.74) is 1.89. The summed E-state index contributed by atoms with van der Waals surface area (Å²) in [5, 5.41) is 10.6. The highest BCUT2D eigenvalue weighted by Crippen LogP contribution is 2.40. The molecule has 1 unspecified atom stereocenters. The molecule has 1 aromatic carbocycles. The fourth-order valence-corrected chi connectivity index (χ4v) is 3.52. The van der Waals surface area contributed by atoms with Crippen LogP contribution in [0.3, 0.4) is 0 Å². The first kappa shape index (κ1) is 15.4. The number of aliphatic hydroxyl groups is 1. The van der Waals surface area contributed by atoms with E-state index in [-0.39, 0.29) is 0 Å². The van der Waals surface area contributed by atoms with Crippen molar-refractivity contribution in [1.82, 2.24) is 0 Å². The van der Waals surface area contributed by atoms with Crippen LogP contribution in [0, 0.1) is 13.8 Å². The molecule has 0 amide bonds. The van der Waals surface area contributed by atoms with Crippen LogP contribution in [0.15, 0.2) is 22.7 Å².